The van der Waals surface area contributed by atoms with E-state index in [1.807, 2.05) is 0 Å². The van der Waals surface area contributed by atoms with E-state index >= 15 is 0 Å². The van der Waals surface area contributed by atoms with Gasteiger partial charge in [0.25, 0.3) is 0 Å². The van der Waals surface area contributed by atoms with E-state index < -0.39 is 32.9 Å². The molecule has 1 aliphatic heterocycles. The van der Waals surface area contributed by atoms with Gasteiger partial charge in [0, 0.05) is 0 Å². The summed E-state index contributed by atoms with van der Waals surface area (Å²) in [4.78, 5) is 0. The van der Waals surface area contributed by atoms with Crippen molar-refractivity contribution in [1.29, 1.82) is 0 Å². The van der Waals surface area contributed by atoms with E-state index in [0.717, 1.165) is 0 Å². The fourth-order valence-corrected chi connectivity index (χ4v) is 326. The molecule has 0 aromatic rings. The molecule has 1 heterocycles. The standard InChI is InChI=1S/C12H30Ge3S3/c1-7-13(8-2)16-14(9-3,10-4)18-15(11-5,12-6)17-13/h7-12H2,1-6H3. The summed E-state index contributed by atoms with van der Waals surface area (Å²) in [6.45, 7) is 15.1. The van der Waals surface area contributed by atoms with Crippen molar-refractivity contribution in [2.45, 2.75) is 73.1 Å². The first-order chi connectivity index (χ1) is 8.49. The first-order valence-electron chi connectivity index (χ1n) is 7.59. The average Bonchev–Trinajstić information content (AvgIpc) is 2.46. The van der Waals surface area contributed by atoms with Gasteiger partial charge < -0.3 is 0 Å². The van der Waals surface area contributed by atoms with Gasteiger partial charge >= 0.3 is 131 Å². The van der Waals surface area contributed by atoms with Crippen molar-refractivity contribution in [3.8, 4) is 0 Å². The molecule has 0 amide bonds. The van der Waals surface area contributed by atoms with Crippen LogP contribution in [-0.2, 0) is 0 Å². The summed E-state index contributed by atoms with van der Waals surface area (Å²) >= 11 is 0. The molecule has 18 heavy (non-hydrogen) atoms. The Labute approximate surface area is 130 Å². The Morgan fingerprint density at radius 1 is 0.444 bits per heavy atom. The number of hydrogen-bond acceptors (Lipinski definition) is 3. The molecule has 6 heteroatoms. The maximum absolute atomic E-state index is 2.71. The molecule has 0 saturated carbocycles. The van der Waals surface area contributed by atoms with Crippen molar-refractivity contribution < 1.29 is 0 Å². The number of rotatable bonds is 6. The van der Waals surface area contributed by atoms with Crippen LogP contribution in [0, 0.1) is 0 Å². The van der Waals surface area contributed by atoms with Gasteiger partial charge in [-0.3, -0.25) is 0 Å². The second-order valence-electron chi connectivity index (χ2n) is 5.16. The van der Waals surface area contributed by atoms with E-state index in [1.54, 1.807) is 31.5 Å². The van der Waals surface area contributed by atoms with Gasteiger partial charge in [-0.05, 0) is 0 Å². The van der Waals surface area contributed by atoms with E-state index in [9.17, 15) is 0 Å². The molecule has 0 aromatic heterocycles. The van der Waals surface area contributed by atoms with Crippen molar-refractivity contribution in [2.24, 2.45) is 0 Å². The fraction of sp³-hybridized carbons (Fsp3) is 1.00. The number of hydrogen-bond donors (Lipinski definition) is 0. The SMILES string of the molecule is C[CH2][Ge]1([CH2]C)[S][Ge]([CH2]C)([CH2]C)[S][Ge]([CH2]C)([CH2]C)[S]1. The molecule has 0 atom stereocenters. The van der Waals surface area contributed by atoms with Gasteiger partial charge in [-0.1, -0.05) is 0 Å². The molecule has 0 aliphatic carbocycles. The van der Waals surface area contributed by atoms with E-state index in [4.69, 9.17) is 0 Å². The van der Waals surface area contributed by atoms with Crippen LogP contribution >= 0.6 is 25.2 Å². The summed E-state index contributed by atoms with van der Waals surface area (Å²) in [5, 5.41) is 9.45. The molecule has 1 aliphatic rings. The first kappa shape index (κ1) is 18.7. The Kier molecular flexibility index (Phi) is 8.11. The van der Waals surface area contributed by atoms with Crippen molar-refractivity contribution in [3.63, 3.8) is 0 Å². The van der Waals surface area contributed by atoms with Crippen molar-refractivity contribution >= 4 is 58.2 Å². The third kappa shape index (κ3) is 3.90. The first-order valence-corrected chi connectivity index (χ1v) is 34.4. The molecule has 1 saturated heterocycles. The third-order valence-corrected chi connectivity index (χ3v) is 166. The summed E-state index contributed by atoms with van der Waals surface area (Å²) in [5.41, 5.74) is 0. The second-order valence-corrected chi connectivity index (χ2v) is 78.4. The van der Waals surface area contributed by atoms with Gasteiger partial charge in [0.05, 0.1) is 0 Å². The monoisotopic (exact) mass is 492 g/mol. The van der Waals surface area contributed by atoms with Crippen molar-refractivity contribution in [2.75, 3.05) is 0 Å². The molecule has 0 aromatic carbocycles. The molecule has 0 unspecified atom stereocenters. The Hall–Kier alpha value is 2.68. The summed E-state index contributed by atoms with van der Waals surface area (Å²) in [5.74, 6) is 0. The van der Waals surface area contributed by atoms with Crippen LogP contribution in [0.15, 0.2) is 0 Å². The van der Waals surface area contributed by atoms with Crippen molar-refractivity contribution in [1.82, 2.24) is 0 Å². The summed E-state index contributed by atoms with van der Waals surface area (Å²) < 4.78 is 0. The third-order valence-electron chi connectivity index (χ3n) is 4.35. The van der Waals surface area contributed by atoms with Gasteiger partial charge in [-0.25, -0.2) is 0 Å². The Morgan fingerprint density at radius 2 is 0.611 bits per heavy atom. The maximum atomic E-state index is 2.71. The molecule has 0 spiro atoms. The van der Waals surface area contributed by atoms with Crippen LogP contribution in [0.5, 0.6) is 0 Å². The predicted molar refractivity (Wildman–Crippen MR) is 103 cm³/mol. The second kappa shape index (κ2) is 7.79. The van der Waals surface area contributed by atoms with Gasteiger partial charge in [-0.2, -0.15) is 0 Å². The summed E-state index contributed by atoms with van der Waals surface area (Å²) in [7, 11) is 3.40. The van der Waals surface area contributed by atoms with Gasteiger partial charge in [0.2, 0.25) is 0 Å². The van der Waals surface area contributed by atoms with Gasteiger partial charge in [0.15, 0.2) is 0 Å². The zero-order valence-electron chi connectivity index (χ0n) is 13.0. The summed E-state index contributed by atoms with van der Waals surface area (Å²) in [6, 6.07) is 0. The topological polar surface area (TPSA) is 0 Å². The van der Waals surface area contributed by atoms with Crippen molar-refractivity contribution in [3.05, 3.63) is 0 Å². The van der Waals surface area contributed by atoms with Crippen LogP contribution in [0.2, 0.25) is 31.5 Å². The predicted octanol–water partition coefficient (Wildman–Crippen LogP) is 6.65. The molecule has 108 valence electrons. The van der Waals surface area contributed by atoms with Crippen LogP contribution < -0.4 is 0 Å². The Morgan fingerprint density at radius 3 is 0.722 bits per heavy atom. The Bertz CT molecular complexity index is 206. The molecule has 0 N–H and O–H groups in total. The minimum absolute atomic E-state index is 1.57. The quantitative estimate of drug-likeness (QED) is 0.385. The normalized spacial score (nSPS) is 25.0. The molecule has 0 radical (unpaired) electrons. The minimum atomic E-state index is -1.57. The zero-order valence-corrected chi connectivity index (χ0v) is 21.7. The Balaban J connectivity index is 3.13. The zero-order chi connectivity index (χ0) is 13.9. The van der Waals surface area contributed by atoms with Gasteiger partial charge in [0.1, 0.15) is 0 Å². The average molecular weight is 488 g/mol. The molecule has 1 fully saturated rings. The van der Waals surface area contributed by atoms with Gasteiger partial charge in [-0.15, -0.1) is 0 Å². The van der Waals surface area contributed by atoms with E-state index in [2.05, 4.69) is 66.8 Å². The summed E-state index contributed by atoms with van der Waals surface area (Å²) in [6.07, 6.45) is 0. The van der Waals surface area contributed by atoms with Crippen LogP contribution in [0.1, 0.15) is 41.5 Å². The van der Waals surface area contributed by atoms with Crippen LogP contribution in [-0.4, -0.2) is 32.9 Å². The molecule has 0 bridgehead atoms. The van der Waals surface area contributed by atoms with E-state index in [-0.39, 0.29) is 0 Å². The fourth-order valence-electron chi connectivity index (χ4n) is 2.70. The van der Waals surface area contributed by atoms with E-state index in [0.29, 0.717) is 0 Å². The molecule has 1 rings (SSSR count). The molecular weight excluding hydrogens is 458 g/mol. The van der Waals surface area contributed by atoms with E-state index in [1.165, 1.54) is 0 Å². The molecule has 0 nitrogen and oxygen atoms in total. The molecular formula is C12H30Ge3S3. The van der Waals surface area contributed by atoms with Crippen LogP contribution in [0.4, 0.5) is 0 Å². The van der Waals surface area contributed by atoms with Crippen LogP contribution in [0.3, 0.4) is 0 Å². The van der Waals surface area contributed by atoms with Crippen LogP contribution in [0.25, 0.3) is 0 Å².